The van der Waals surface area contributed by atoms with Crippen LogP contribution in [-0.4, -0.2) is 17.4 Å². The highest BCUT2D eigenvalue weighted by molar-refractivity contribution is 7.07. The van der Waals surface area contributed by atoms with Gasteiger partial charge in [0.25, 0.3) is 0 Å². The monoisotopic (exact) mass is 447 g/mol. The molecule has 4 nitrogen and oxygen atoms in total. The number of benzene rings is 2. The standard InChI is InChI=1S/C26H26FN3OS/c1-31-23-8-2-18(3-9-23)24-15-32-26(30(24)22-6-4-21(27)5-7-22)29-28-25-19-11-16-10-17(13-19)14-20(25)12-16/h2-9,15-17,19-20H,10-14H2,1H3/b28-25?,29-26+. The zero-order valence-corrected chi connectivity index (χ0v) is 18.9. The number of aromatic nitrogens is 1. The molecule has 0 N–H and O–H groups in total. The van der Waals surface area contributed by atoms with Crippen molar-refractivity contribution in [3.05, 3.63) is 64.5 Å². The molecule has 1 aromatic heterocycles. The summed E-state index contributed by atoms with van der Waals surface area (Å²) in [4.78, 5) is 0.809. The fourth-order valence-corrected chi connectivity index (χ4v) is 6.97. The van der Waals surface area contributed by atoms with Crippen molar-refractivity contribution in [2.24, 2.45) is 33.9 Å². The summed E-state index contributed by atoms with van der Waals surface area (Å²) in [6.45, 7) is 0. The Kier molecular flexibility index (Phi) is 4.98. The number of hydrogen-bond donors (Lipinski definition) is 0. The van der Waals surface area contributed by atoms with Crippen molar-refractivity contribution in [1.82, 2.24) is 4.57 Å². The lowest BCUT2D eigenvalue weighted by molar-refractivity contribution is 0.108. The smallest absolute Gasteiger partial charge is 0.215 e. The summed E-state index contributed by atoms with van der Waals surface area (Å²) in [6, 6.07) is 14.6. The third-order valence-electron chi connectivity index (χ3n) is 7.40. The molecule has 0 aliphatic heterocycles. The fraction of sp³-hybridized carbons (Fsp3) is 0.385. The van der Waals surface area contributed by atoms with Gasteiger partial charge < -0.3 is 4.74 Å². The van der Waals surface area contributed by atoms with Crippen molar-refractivity contribution in [2.75, 3.05) is 7.11 Å². The van der Waals surface area contributed by atoms with Crippen LogP contribution in [0.3, 0.4) is 0 Å². The van der Waals surface area contributed by atoms with E-state index in [1.54, 1.807) is 30.6 Å². The summed E-state index contributed by atoms with van der Waals surface area (Å²) in [5, 5.41) is 11.7. The average molecular weight is 448 g/mol. The van der Waals surface area contributed by atoms with E-state index in [1.165, 1.54) is 49.9 Å². The molecule has 0 spiro atoms. The van der Waals surface area contributed by atoms with Crippen LogP contribution in [0.1, 0.15) is 32.1 Å². The number of rotatable bonds is 4. The van der Waals surface area contributed by atoms with Gasteiger partial charge >= 0.3 is 0 Å². The molecule has 0 amide bonds. The molecule has 1 heterocycles. The fourth-order valence-electron chi connectivity index (χ4n) is 6.11. The molecule has 7 rings (SSSR count). The maximum absolute atomic E-state index is 13.6. The van der Waals surface area contributed by atoms with E-state index in [0.717, 1.165) is 39.3 Å². The van der Waals surface area contributed by atoms with Gasteiger partial charge in [-0.1, -0.05) is 0 Å². The van der Waals surface area contributed by atoms with Crippen LogP contribution >= 0.6 is 11.3 Å². The minimum absolute atomic E-state index is 0.247. The Morgan fingerprint density at radius 3 is 2.16 bits per heavy atom. The van der Waals surface area contributed by atoms with Crippen LogP contribution in [0, 0.1) is 29.5 Å². The highest BCUT2D eigenvalue weighted by Crippen LogP contribution is 2.52. The number of nitrogens with zero attached hydrogens (tertiary/aromatic N) is 3. The molecular weight excluding hydrogens is 421 g/mol. The maximum atomic E-state index is 13.6. The molecule has 3 aromatic rings. The van der Waals surface area contributed by atoms with Crippen LogP contribution in [0.25, 0.3) is 16.9 Å². The van der Waals surface area contributed by atoms with Crippen molar-refractivity contribution in [1.29, 1.82) is 0 Å². The quantitative estimate of drug-likeness (QED) is 0.448. The molecule has 4 aliphatic rings. The van der Waals surface area contributed by atoms with E-state index in [4.69, 9.17) is 14.9 Å². The normalized spacial score (nSPS) is 26.6. The molecule has 164 valence electrons. The van der Waals surface area contributed by atoms with Gasteiger partial charge in [0.2, 0.25) is 4.80 Å². The average Bonchev–Trinajstić information content (AvgIpc) is 3.22. The van der Waals surface area contributed by atoms with Gasteiger partial charge in [-0.25, -0.2) is 4.39 Å². The third kappa shape index (κ3) is 3.51. The molecule has 0 atom stereocenters. The Bertz CT molecular complexity index is 1190. The number of ether oxygens (including phenoxy) is 1. The van der Waals surface area contributed by atoms with Crippen molar-refractivity contribution in [3.63, 3.8) is 0 Å². The summed E-state index contributed by atoms with van der Waals surface area (Å²) < 4.78 is 21.0. The molecule has 0 radical (unpaired) electrons. The zero-order chi connectivity index (χ0) is 21.7. The molecule has 2 aromatic carbocycles. The van der Waals surface area contributed by atoms with Crippen LogP contribution < -0.4 is 9.54 Å². The first kappa shape index (κ1) is 19.9. The van der Waals surface area contributed by atoms with Gasteiger partial charge in [-0.2, -0.15) is 5.10 Å². The van der Waals surface area contributed by atoms with Crippen molar-refractivity contribution in [3.8, 4) is 22.7 Å². The van der Waals surface area contributed by atoms with Gasteiger partial charge in [0.05, 0.1) is 12.8 Å². The van der Waals surface area contributed by atoms with E-state index >= 15 is 0 Å². The lowest BCUT2D eigenvalue weighted by atomic mass is 9.55. The summed E-state index contributed by atoms with van der Waals surface area (Å²) in [5.41, 5.74) is 4.26. The SMILES string of the molecule is COc1ccc(-c2cs/c(=N/N=C3C4CC5CC(C4)CC3C5)n2-c2ccc(F)cc2)cc1. The number of halogens is 1. The molecule has 6 heteroatoms. The van der Waals surface area contributed by atoms with Gasteiger partial charge in [0.15, 0.2) is 0 Å². The van der Waals surface area contributed by atoms with E-state index in [0.29, 0.717) is 11.8 Å². The number of methoxy groups -OCH3 is 1. The maximum Gasteiger partial charge on any atom is 0.215 e. The summed E-state index contributed by atoms with van der Waals surface area (Å²) in [7, 11) is 1.67. The summed E-state index contributed by atoms with van der Waals surface area (Å²) in [6.07, 6.45) is 6.60. The third-order valence-corrected chi connectivity index (χ3v) is 8.22. The minimum atomic E-state index is -0.247. The summed E-state index contributed by atoms with van der Waals surface area (Å²) in [5.74, 6) is 3.62. The van der Waals surface area contributed by atoms with Gasteiger partial charge in [-0.15, -0.1) is 16.4 Å². The second kappa shape index (κ2) is 8.00. The van der Waals surface area contributed by atoms with Crippen LogP contribution in [0.2, 0.25) is 0 Å². The Morgan fingerprint density at radius 2 is 1.53 bits per heavy atom. The first-order chi connectivity index (χ1) is 15.7. The Labute approximate surface area is 191 Å². The molecule has 0 unspecified atom stereocenters. The number of hydrogen-bond acceptors (Lipinski definition) is 4. The largest absolute Gasteiger partial charge is 0.497 e. The first-order valence-electron chi connectivity index (χ1n) is 11.4. The molecular formula is C26H26FN3OS. The predicted octanol–water partition coefficient (Wildman–Crippen LogP) is 6.07. The topological polar surface area (TPSA) is 38.9 Å². The lowest BCUT2D eigenvalue weighted by Crippen LogP contribution is -2.45. The second-order valence-electron chi connectivity index (χ2n) is 9.37. The van der Waals surface area contributed by atoms with Gasteiger partial charge in [-0.3, -0.25) is 4.57 Å². The highest BCUT2D eigenvalue weighted by atomic mass is 32.1. The van der Waals surface area contributed by atoms with E-state index in [1.807, 2.05) is 24.3 Å². The Balaban J connectivity index is 1.44. The Morgan fingerprint density at radius 1 is 0.875 bits per heavy atom. The molecule has 32 heavy (non-hydrogen) atoms. The second-order valence-corrected chi connectivity index (χ2v) is 10.2. The van der Waals surface area contributed by atoms with E-state index in [2.05, 4.69) is 9.95 Å². The molecule has 4 saturated carbocycles. The van der Waals surface area contributed by atoms with E-state index < -0.39 is 0 Å². The first-order valence-corrected chi connectivity index (χ1v) is 12.3. The van der Waals surface area contributed by atoms with Crippen molar-refractivity contribution >= 4 is 17.0 Å². The lowest BCUT2D eigenvalue weighted by Gasteiger charge is -2.50. The van der Waals surface area contributed by atoms with Crippen molar-refractivity contribution in [2.45, 2.75) is 32.1 Å². The zero-order valence-electron chi connectivity index (χ0n) is 18.1. The molecule has 4 bridgehead atoms. The van der Waals surface area contributed by atoms with Gasteiger partial charge in [-0.05, 0) is 110 Å². The van der Waals surface area contributed by atoms with Crippen molar-refractivity contribution < 1.29 is 9.13 Å². The van der Waals surface area contributed by atoms with Crippen LogP contribution in [0.15, 0.2) is 64.1 Å². The van der Waals surface area contributed by atoms with Crippen LogP contribution in [0.5, 0.6) is 5.75 Å². The molecule has 4 aliphatic carbocycles. The highest BCUT2D eigenvalue weighted by Gasteiger charge is 2.46. The van der Waals surface area contributed by atoms with Crippen LogP contribution in [-0.2, 0) is 0 Å². The van der Waals surface area contributed by atoms with Gasteiger partial charge in [0, 0.05) is 16.8 Å². The Hall–Kier alpha value is -2.73. The number of thiazole rings is 1. The predicted molar refractivity (Wildman–Crippen MR) is 126 cm³/mol. The van der Waals surface area contributed by atoms with E-state index in [-0.39, 0.29) is 5.82 Å². The molecule has 4 fully saturated rings. The van der Waals surface area contributed by atoms with Gasteiger partial charge in [0.1, 0.15) is 11.6 Å². The minimum Gasteiger partial charge on any atom is -0.497 e. The van der Waals surface area contributed by atoms with Crippen LogP contribution in [0.4, 0.5) is 4.39 Å². The summed E-state index contributed by atoms with van der Waals surface area (Å²) >= 11 is 1.57. The van der Waals surface area contributed by atoms with E-state index in [9.17, 15) is 4.39 Å². The molecule has 0 saturated heterocycles.